The van der Waals surface area contributed by atoms with Crippen LogP contribution in [-0.4, -0.2) is 48.6 Å². The molecule has 2 aliphatic heterocycles. The summed E-state index contributed by atoms with van der Waals surface area (Å²) < 4.78 is 9.90. The Morgan fingerprint density at radius 3 is 2.28 bits per heavy atom. The Morgan fingerprint density at radius 1 is 1.12 bits per heavy atom. The molecule has 134 valence electrons. The molecule has 2 heterocycles. The van der Waals surface area contributed by atoms with Crippen molar-refractivity contribution in [1.82, 2.24) is 4.90 Å². The Kier molecular flexibility index (Phi) is 4.71. The summed E-state index contributed by atoms with van der Waals surface area (Å²) in [6.07, 6.45) is 1.73. The minimum absolute atomic E-state index is 0.0149. The normalized spacial score (nSPS) is 28.4. The van der Waals surface area contributed by atoms with Crippen molar-refractivity contribution in [2.45, 2.75) is 24.9 Å². The van der Waals surface area contributed by atoms with Gasteiger partial charge in [-0.25, -0.2) is 0 Å². The van der Waals surface area contributed by atoms with E-state index in [4.69, 9.17) is 9.47 Å². The third kappa shape index (κ3) is 2.86. The van der Waals surface area contributed by atoms with Gasteiger partial charge in [-0.1, -0.05) is 12.1 Å². The fourth-order valence-corrected chi connectivity index (χ4v) is 4.23. The summed E-state index contributed by atoms with van der Waals surface area (Å²) in [5.41, 5.74) is 0.748. The number of fused-ring (bicyclic) bond motifs is 1. The second-order valence-electron chi connectivity index (χ2n) is 6.34. The number of nitro benzene ring substituents is 1. The van der Waals surface area contributed by atoms with E-state index in [1.807, 2.05) is 0 Å². The first-order chi connectivity index (χ1) is 12.0. The molecule has 0 N–H and O–H groups in total. The van der Waals surface area contributed by atoms with Crippen molar-refractivity contribution in [2.75, 3.05) is 20.8 Å². The molecular formula is C17H20N2O6. The highest BCUT2D eigenvalue weighted by atomic mass is 16.6. The van der Waals surface area contributed by atoms with Crippen LogP contribution in [0.5, 0.6) is 0 Å². The fraction of sp³-hybridized carbons (Fsp3) is 0.529. The molecule has 8 heteroatoms. The van der Waals surface area contributed by atoms with Crippen LogP contribution in [0.15, 0.2) is 24.3 Å². The lowest BCUT2D eigenvalue weighted by Crippen LogP contribution is -2.35. The predicted octanol–water partition coefficient (Wildman–Crippen LogP) is 1.69. The lowest BCUT2D eigenvalue weighted by molar-refractivity contribution is -0.384. The second-order valence-corrected chi connectivity index (χ2v) is 6.34. The Morgan fingerprint density at radius 2 is 1.72 bits per heavy atom. The smallest absolute Gasteiger partial charge is 0.311 e. The van der Waals surface area contributed by atoms with Crippen LogP contribution in [0.1, 0.15) is 24.4 Å². The van der Waals surface area contributed by atoms with Gasteiger partial charge in [-0.05, 0) is 24.9 Å². The van der Waals surface area contributed by atoms with Gasteiger partial charge >= 0.3 is 11.9 Å². The summed E-state index contributed by atoms with van der Waals surface area (Å²) in [5.74, 6) is -2.17. The average Bonchev–Trinajstić information content (AvgIpc) is 3.20. The van der Waals surface area contributed by atoms with Crippen LogP contribution in [0.25, 0.3) is 0 Å². The minimum Gasteiger partial charge on any atom is -0.469 e. The molecule has 2 unspecified atom stereocenters. The Balaban J connectivity index is 2.03. The van der Waals surface area contributed by atoms with Crippen molar-refractivity contribution in [1.29, 1.82) is 0 Å². The van der Waals surface area contributed by atoms with Gasteiger partial charge in [0.25, 0.3) is 5.69 Å². The zero-order valence-electron chi connectivity index (χ0n) is 14.1. The summed E-state index contributed by atoms with van der Waals surface area (Å²) in [5, 5.41) is 10.9. The summed E-state index contributed by atoms with van der Waals surface area (Å²) in [6, 6.07) is 5.68. The topological polar surface area (TPSA) is 99.0 Å². The Bertz CT molecular complexity index is 689. The molecule has 25 heavy (non-hydrogen) atoms. The maximum atomic E-state index is 12.5. The highest BCUT2D eigenvalue weighted by Crippen LogP contribution is 2.50. The van der Waals surface area contributed by atoms with E-state index in [0.717, 1.165) is 24.9 Å². The van der Waals surface area contributed by atoms with E-state index >= 15 is 0 Å². The third-order valence-electron chi connectivity index (χ3n) is 5.23. The first-order valence-electron chi connectivity index (χ1n) is 8.15. The molecule has 1 aromatic carbocycles. The quantitative estimate of drug-likeness (QED) is 0.464. The molecule has 0 radical (unpaired) electrons. The first-order valence-corrected chi connectivity index (χ1v) is 8.15. The molecule has 2 saturated heterocycles. The van der Waals surface area contributed by atoms with Gasteiger partial charge in [-0.2, -0.15) is 0 Å². The van der Waals surface area contributed by atoms with Gasteiger partial charge in [0.1, 0.15) is 0 Å². The predicted molar refractivity (Wildman–Crippen MR) is 86.6 cm³/mol. The van der Waals surface area contributed by atoms with Crippen LogP contribution in [-0.2, 0) is 19.1 Å². The maximum Gasteiger partial charge on any atom is 0.311 e. The molecular weight excluding hydrogens is 328 g/mol. The lowest BCUT2D eigenvalue weighted by Gasteiger charge is -2.26. The van der Waals surface area contributed by atoms with Crippen LogP contribution in [0, 0.1) is 22.0 Å². The largest absolute Gasteiger partial charge is 0.469 e. The van der Waals surface area contributed by atoms with E-state index in [1.54, 1.807) is 12.1 Å². The number of hydrogen-bond donors (Lipinski definition) is 0. The van der Waals surface area contributed by atoms with Gasteiger partial charge in [0.05, 0.1) is 31.0 Å². The number of methoxy groups -OCH3 is 2. The molecule has 3 rings (SSSR count). The summed E-state index contributed by atoms with van der Waals surface area (Å²) in [6.45, 7) is 0.757. The molecule has 2 aliphatic rings. The zero-order valence-corrected chi connectivity index (χ0v) is 14.1. The number of esters is 2. The minimum atomic E-state index is -0.691. The van der Waals surface area contributed by atoms with Gasteiger partial charge in [-0.3, -0.25) is 24.6 Å². The summed E-state index contributed by atoms with van der Waals surface area (Å²) in [4.78, 5) is 37.4. The monoisotopic (exact) mass is 348 g/mol. The Hall–Kier alpha value is -2.48. The van der Waals surface area contributed by atoms with E-state index in [9.17, 15) is 19.7 Å². The van der Waals surface area contributed by atoms with E-state index in [-0.39, 0.29) is 17.8 Å². The SMILES string of the molecule is COC(=O)C1C(C(=O)OC)[C@H](c2ccc([N+](=O)[O-])cc2)N2CCC[C@H]12. The van der Waals surface area contributed by atoms with Crippen LogP contribution in [0.3, 0.4) is 0 Å². The number of non-ortho nitro benzene ring substituents is 1. The van der Waals surface area contributed by atoms with Crippen molar-refractivity contribution in [3.05, 3.63) is 39.9 Å². The highest BCUT2D eigenvalue weighted by Gasteiger charge is 2.57. The molecule has 0 spiro atoms. The van der Waals surface area contributed by atoms with Crippen molar-refractivity contribution in [2.24, 2.45) is 11.8 Å². The number of nitro groups is 1. The van der Waals surface area contributed by atoms with Gasteiger partial charge in [0, 0.05) is 24.2 Å². The van der Waals surface area contributed by atoms with Crippen molar-refractivity contribution in [3.63, 3.8) is 0 Å². The molecule has 0 aliphatic carbocycles. The first kappa shape index (κ1) is 17.3. The van der Waals surface area contributed by atoms with E-state index in [0.29, 0.717) is 0 Å². The maximum absolute atomic E-state index is 12.5. The summed E-state index contributed by atoms with van der Waals surface area (Å²) in [7, 11) is 2.61. The third-order valence-corrected chi connectivity index (χ3v) is 5.23. The standard InChI is InChI=1S/C17H20N2O6/c1-24-16(20)13-12-4-3-9-18(12)15(14(13)17(21)25-2)10-5-7-11(8-6-10)19(22)23/h5-8,12-15H,3-4,9H2,1-2H3/t12-,13?,14?,15+/m1/s1. The van der Waals surface area contributed by atoms with Gasteiger partial charge in [0.15, 0.2) is 0 Å². The van der Waals surface area contributed by atoms with E-state index < -0.39 is 28.7 Å². The van der Waals surface area contributed by atoms with Crippen molar-refractivity contribution in [3.8, 4) is 0 Å². The highest BCUT2D eigenvalue weighted by molar-refractivity contribution is 5.84. The van der Waals surface area contributed by atoms with Gasteiger partial charge < -0.3 is 9.47 Å². The number of carbonyl (C=O) groups is 2. The summed E-state index contributed by atoms with van der Waals surface area (Å²) >= 11 is 0. The van der Waals surface area contributed by atoms with Crippen LogP contribution < -0.4 is 0 Å². The van der Waals surface area contributed by atoms with E-state index in [2.05, 4.69) is 4.90 Å². The van der Waals surface area contributed by atoms with E-state index in [1.165, 1.54) is 26.4 Å². The molecule has 0 aromatic heterocycles. The van der Waals surface area contributed by atoms with Gasteiger partial charge in [0.2, 0.25) is 0 Å². The zero-order chi connectivity index (χ0) is 18.1. The van der Waals surface area contributed by atoms with Crippen LogP contribution in [0.2, 0.25) is 0 Å². The molecule has 1 aromatic rings. The second kappa shape index (κ2) is 6.79. The number of rotatable bonds is 4. The van der Waals surface area contributed by atoms with Crippen molar-refractivity contribution >= 4 is 17.6 Å². The number of nitrogens with zero attached hydrogens (tertiary/aromatic N) is 2. The molecule has 8 nitrogen and oxygen atoms in total. The molecule has 4 atom stereocenters. The Labute approximate surface area is 144 Å². The average molecular weight is 348 g/mol. The number of benzene rings is 1. The fourth-order valence-electron chi connectivity index (χ4n) is 4.23. The molecule has 0 amide bonds. The number of ether oxygens (including phenoxy) is 2. The molecule has 0 saturated carbocycles. The van der Waals surface area contributed by atoms with Crippen molar-refractivity contribution < 1.29 is 24.0 Å². The van der Waals surface area contributed by atoms with Crippen LogP contribution in [0.4, 0.5) is 5.69 Å². The van der Waals surface area contributed by atoms with Gasteiger partial charge in [-0.15, -0.1) is 0 Å². The molecule has 0 bridgehead atoms. The lowest BCUT2D eigenvalue weighted by atomic mass is 9.83. The number of carbonyl (C=O) groups excluding carboxylic acids is 2. The molecule has 2 fully saturated rings. The number of hydrogen-bond acceptors (Lipinski definition) is 7. The van der Waals surface area contributed by atoms with Crippen LogP contribution >= 0.6 is 0 Å².